The zero-order valence-corrected chi connectivity index (χ0v) is 10.8. The minimum atomic E-state index is 0.0475. The number of benzene rings is 2. The van der Waals surface area contributed by atoms with E-state index >= 15 is 0 Å². The summed E-state index contributed by atoms with van der Waals surface area (Å²) in [4.78, 5) is 14.3. The first-order valence-corrected chi connectivity index (χ1v) is 6.34. The Bertz CT molecular complexity index is 622. The van der Waals surface area contributed by atoms with Crippen LogP contribution in [0.25, 0.3) is 0 Å². The Kier molecular flexibility index (Phi) is 2.95. The number of nitrogens with zero attached hydrogens (tertiary/aromatic N) is 1. The quantitative estimate of drug-likeness (QED) is 0.823. The lowest BCUT2D eigenvalue weighted by atomic mass is 9.98. The van der Waals surface area contributed by atoms with Gasteiger partial charge in [0, 0.05) is 12.1 Å². The minimum Gasteiger partial charge on any atom is -0.495 e. The molecular formula is C16H15NO2. The molecular weight excluding hydrogens is 238 g/mol. The Morgan fingerprint density at radius 1 is 1.05 bits per heavy atom. The summed E-state index contributed by atoms with van der Waals surface area (Å²) in [6.45, 7) is 0.691. The Hall–Kier alpha value is -2.29. The summed E-state index contributed by atoms with van der Waals surface area (Å²) in [5.41, 5.74) is 2.75. The van der Waals surface area contributed by atoms with Gasteiger partial charge in [-0.2, -0.15) is 0 Å². The van der Waals surface area contributed by atoms with Gasteiger partial charge in [-0.25, -0.2) is 0 Å². The van der Waals surface area contributed by atoms with E-state index in [0.717, 1.165) is 29.0 Å². The average Bonchev–Trinajstić information content (AvgIpc) is 2.48. The van der Waals surface area contributed by atoms with E-state index in [4.69, 9.17) is 4.74 Å². The molecule has 1 aliphatic heterocycles. The van der Waals surface area contributed by atoms with Gasteiger partial charge in [-0.05, 0) is 30.2 Å². The van der Waals surface area contributed by atoms with E-state index in [2.05, 4.69) is 0 Å². The van der Waals surface area contributed by atoms with Crippen molar-refractivity contribution in [1.29, 1.82) is 0 Å². The second-order valence-electron chi connectivity index (χ2n) is 4.54. The van der Waals surface area contributed by atoms with Gasteiger partial charge in [0.05, 0.1) is 12.8 Å². The smallest absolute Gasteiger partial charge is 0.258 e. The van der Waals surface area contributed by atoms with Gasteiger partial charge in [0.25, 0.3) is 5.91 Å². The standard InChI is InChI=1S/C16H15NO2/c1-19-15-9-5-4-8-14(15)17-11-10-12-6-2-3-7-13(12)16(17)18/h2-9H,10-11H2,1H3. The number of amides is 1. The van der Waals surface area contributed by atoms with E-state index in [-0.39, 0.29) is 5.91 Å². The van der Waals surface area contributed by atoms with Crippen LogP contribution in [0.3, 0.4) is 0 Å². The third-order valence-corrected chi connectivity index (χ3v) is 3.47. The molecule has 1 aliphatic rings. The summed E-state index contributed by atoms with van der Waals surface area (Å²) >= 11 is 0. The van der Waals surface area contributed by atoms with E-state index in [1.807, 2.05) is 48.5 Å². The predicted octanol–water partition coefficient (Wildman–Crippen LogP) is 2.90. The molecule has 19 heavy (non-hydrogen) atoms. The van der Waals surface area contributed by atoms with Crippen molar-refractivity contribution in [2.24, 2.45) is 0 Å². The van der Waals surface area contributed by atoms with Crippen LogP contribution in [0.4, 0.5) is 5.69 Å². The predicted molar refractivity (Wildman–Crippen MR) is 74.8 cm³/mol. The fraction of sp³-hybridized carbons (Fsp3) is 0.188. The van der Waals surface area contributed by atoms with E-state index < -0.39 is 0 Å². The highest BCUT2D eigenvalue weighted by molar-refractivity contribution is 6.08. The molecule has 0 saturated carbocycles. The Labute approximate surface area is 112 Å². The second kappa shape index (κ2) is 4.76. The monoisotopic (exact) mass is 253 g/mol. The molecule has 0 saturated heterocycles. The molecule has 0 atom stereocenters. The summed E-state index contributed by atoms with van der Waals surface area (Å²) in [5.74, 6) is 0.779. The maximum atomic E-state index is 12.6. The summed E-state index contributed by atoms with van der Waals surface area (Å²) in [6, 6.07) is 15.4. The van der Waals surface area contributed by atoms with E-state index in [1.165, 1.54) is 0 Å². The molecule has 3 nitrogen and oxygen atoms in total. The number of fused-ring (bicyclic) bond motifs is 1. The average molecular weight is 253 g/mol. The number of methoxy groups -OCH3 is 1. The van der Waals surface area contributed by atoms with Gasteiger partial charge in [-0.15, -0.1) is 0 Å². The fourth-order valence-corrected chi connectivity index (χ4v) is 2.51. The van der Waals surface area contributed by atoms with Crippen LogP contribution in [-0.4, -0.2) is 19.6 Å². The normalized spacial score (nSPS) is 14.2. The summed E-state index contributed by atoms with van der Waals surface area (Å²) < 4.78 is 5.34. The van der Waals surface area contributed by atoms with Gasteiger partial charge in [-0.1, -0.05) is 30.3 Å². The molecule has 0 aliphatic carbocycles. The van der Waals surface area contributed by atoms with Crippen LogP contribution in [0.5, 0.6) is 5.75 Å². The number of para-hydroxylation sites is 2. The van der Waals surface area contributed by atoms with Crippen LogP contribution in [-0.2, 0) is 6.42 Å². The van der Waals surface area contributed by atoms with Gasteiger partial charge >= 0.3 is 0 Å². The first kappa shape index (κ1) is 11.8. The fourth-order valence-electron chi connectivity index (χ4n) is 2.51. The third-order valence-electron chi connectivity index (χ3n) is 3.47. The molecule has 3 heteroatoms. The molecule has 1 amide bonds. The molecule has 96 valence electrons. The van der Waals surface area contributed by atoms with Crippen LogP contribution in [0, 0.1) is 0 Å². The number of hydrogen-bond acceptors (Lipinski definition) is 2. The van der Waals surface area contributed by atoms with Gasteiger partial charge in [0.15, 0.2) is 0 Å². The maximum absolute atomic E-state index is 12.6. The van der Waals surface area contributed by atoms with Crippen molar-refractivity contribution in [2.45, 2.75) is 6.42 Å². The second-order valence-corrected chi connectivity index (χ2v) is 4.54. The Balaban J connectivity index is 2.03. The lowest BCUT2D eigenvalue weighted by molar-refractivity contribution is 0.0980. The van der Waals surface area contributed by atoms with Crippen LogP contribution >= 0.6 is 0 Å². The molecule has 0 fully saturated rings. The summed E-state index contributed by atoms with van der Waals surface area (Å²) in [7, 11) is 1.63. The van der Waals surface area contributed by atoms with Gasteiger partial charge in [0.2, 0.25) is 0 Å². The summed E-state index contributed by atoms with van der Waals surface area (Å²) in [6.07, 6.45) is 0.875. The number of carbonyl (C=O) groups excluding carboxylic acids is 1. The molecule has 0 unspecified atom stereocenters. The Morgan fingerprint density at radius 2 is 1.79 bits per heavy atom. The SMILES string of the molecule is COc1ccccc1N1CCc2ccccc2C1=O. The van der Waals surface area contributed by atoms with Crippen molar-refractivity contribution in [3.8, 4) is 5.75 Å². The molecule has 0 spiro atoms. The number of hydrogen-bond donors (Lipinski definition) is 0. The van der Waals surface area contributed by atoms with Gasteiger partial charge < -0.3 is 9.64 Å². The first-order chi connectivity index (χ1) is 9.31. The molecule has 0 radical (unpaired) electrons. The van der Waals surface area contributed by atoms with Crippen LogP contribution in [0.2, 0.25) is 0 Å². The van der Waals surface area contributed by atoms with Crippen molar-refractivity contribution in [3.05, 3.63) is 59.7 Å². The maximum Gasteiger partial charge on any atom is 0.258 e. The van der Waals surface area contributed by atoms with Crippen LogP contribution < -0.4 is 9.64 Å². The molecule has 2 aromatic carbocycles. The molecule has 1 heterocycles. The number of carbonyl (C=O) groups is 1. The highest BCUT2D eigenvalue weighted by Crippen LogP contribution is 2.31. The van der Waals surface area contributed by atoms with E-state index in [0.29, 0.717) is 6.54 Å². The Morgan fingerprint density at radius 3 is 2.63 bits per heavy atom. The molecule has 2 aromatic rings. The van der Waals surface area contributed by atoms with E-state index in [9.17, 15) is 4.79 Å². The topological polar surface area (TPSA) is 29.5 Å². The van der Waals surface area contributed by atoms with Crippen molar-refractivity contribution in [1.82, 2.24) is 0 Å². The zero-order chi connectivity index (χ0) is 13.2. The molecule has 0 bridgehead atoms. The number of rotatable bonds is 2. The van der Waals surface area contributed by atoms with Crippen molar-refractivity contribution >= 4 is 11.6 Å². The van der Waals surface area contributed by atoms with Gasteiger partial charge in [0.1, 0.15) is 5.75 Å². The van der Waals surface area contributed by atoms with Crippen molar-refractivity contribution < 1.29 is 9.53 Å². The van der Waals surface area contributed by atoms with Crippen molar-refractivity contribution in [2.75, 3.05) is 18.6 Å². The summed E-state index contributed by atoms with van der Waals surface area (Å²) in [5, 5.41) is 0. The molecule has 0 aromatic heterocycles. The van der Waals surface area contributed by atoms with Crippen molar-refractivity contribution in [3.63, 3.8) is 0 Å². The van der Waals surface area contributed by atoms with Crippen LogP contribution in [0.15, 0.2) is 48.5 Å². The zero-order valence-electron chi connectivity index (χ0n) is 10.8. The lowest BCUT2D eigenvalue weighted by Gasteiger charge is -2.29. The number of ether oxygens (including phenoxy) is 1. The third kappa shape index (κ3) is 1.97. The largest absolute Gasteiger partial charge is 0.495 e. The van der Waals surface area contributed by atoms with Gasteiger partial charge in [-0.3, -0.25) is 4.79 Å². The van der Waals surface area contributed by atoms with Crippen LogP contribution in [0.1, 0.15) is 15.9 Å². The molecule has 3 rings (SSSR count). The van der Waals surface area contributed by atoms with E-state index in [1.54, 1.807) is 12.0 Å². The number of anilines is 1. The highest BCUT2D eigenvalue weighted by Gasteiger charge is 2.26. The highest BCUT2D eigenvalue weighted by atomic mass is 16.5. The molecule has 0 N–H and O–H groups in total. The first-order valence-electron chi connectivity index (χ1n) is 6.34. The minimum absolute atomic E-state index is 0.0475. The lowest BCUT2D eigenvalue weighted by Crippen LogP contribution is -2.37.